The molecule has 1 saturated carbocycles. The molecule has 1 aliphatic heterocycles. The highest BCUT2D eigenvalue weighted by Crippen LogP contribution is 2.34. The molecule has 0 aromatic carbocycles. The zero-order valence-corrected chi connectivity index (χ0v) is 13.7. The molecule has 0 amide bonds. The standard InChI is InChI=1S/C18H24N4O/c1-23-12-15-9-21(10-16-4-2-3-7-19-16)11-17-18(15)22(13-20-17)8-14-5-6-14/h2-4,7,13-15H,5-6,8-12H2,1H3. The Bertz CT molecular complexity index is 650. The number of pyridine rings is 1. The fourth-order valence-electron chi connectivity index (χ4n) is 3.60. The van der Waals surface area contributed by atoms with Crippen LogP contribution >= 0.6 is 0 Å². The Morgan fingerprint density at radius 1 is 1.26 bits per heavy atom. The highest BCUT2D eigenvalue weighted by atomic mass is 16.5. The van der Waals surface area contributed by atoms with Crippen LogP contribution in [0, 0.1) is 5.92 Å². The molecule has 0 radical (unpaired) electrons. The summed E-state index contributed by atoms with van der Waals surface area (Å²) >= 11 is 0. The van der Waals surface area contributed by atoms with Gasteiger partial charge < -0.3 is 9.30 Å². The van der Waals surface area contributed by atoms with Crippen molar-refractivity contribution in [2.45, 2.75) is 38.4 Å². The summed E-state index contributed by atoms with van der Waals surface area (Å²) in [4.78, 5) is 11.6. The first-order chi connectivity index (χ1) is 11.3. The SMILES string of the molecule is COCC1CN(Cc2ccccn2)Cc2ncn(CC3CC3)c21. The van der Waals surface area contributed by atoms with Gasteiger partial charge in [-0.3, -0.25) is 9.88 Å². The molecule has 0 bridgehead atoms. The molecule has 2 aromatic heterocycles. The first-order valence-corrected chi connectivity index (χ1v) is 8.48. The van der Waals surface area contributed by atoms with E-state index in [0.29, 0.717) is 5.92 Å². The average Bonchev–Trinajstić information content (AvgIpc) is 3.28. The third-order valence-electron chi connectivity index (χ3n) is 4.83. The van der Waals surface area contributed by atoms with E-state index in [1.165, 1.54) is 24.2 Å². The van der Waals surface area contributed by atoms with Crippen LogP contribution in [0.4, 0.5) is 0 Å². The summed E-state index contributed by atoms with van der Waals surface area (Å²) in [5, 5.41) is 0. The quantitative estimate of drug-likeness (QED) is 0.822. The molecule has 4 rings (SSSR count). The van der Waals surface area contributed by atoms with E-state index in [1.807, 2.05) is 18.6 Å². The van der Waals surface area contributed by atoms with Crippen molar-refractivity contribution < 1.29 is 4.74 Å². The predicted molar refractivity (Wildman–Crippen MR) is 87.9 cm³/mol. The third-order valence-corrected chi connectivity index (χ3v) is 4.83. The number of aromatic nitrogens is 3. The number of methoxy groups -OCH3 is 1. The minimum atomic E-state index is 0.397. The number of fused-ring (bicyclic) bond motifs is 1. The van der Waals surface area contributed by atoms with Gasteiger partial charge in [0, 0.05) is 51.1 Å². The first-order valence-electron chi connectivity index (χ1n) is 8.48. The lowest BCUT2D eigenvalue weighted by Gasteiger charge is -2.32. The number of hydrogen-bond acceptors (Lipinski definition) is 4. The molecule has 1 unspecified atom stereocenters. The highest BCUT2D eigenvalue weighted by molar-refractivity contribution is 5.23. The van der Waals surface area contributed by atoms with Crippen LogP contribution in [0.3, 0.4) is 0 Å². The van der Waals surface area contributed by atoms with Gasteiger partial charge >= 0.3 is 0 Å². The zero-order valence-electron chi connectivity index (χ0n) is 13.7. The molecule has 0 N–H and O–H groups in total. The summed E-state index contributed by atoms with van der Waals surface area (Å²) in [6.45, 7) is 4.67. The molecule has 2 aliphatic rings. The number of nitrogens with zero attached hydrogens (tertiary/aromatic N) is 4. The molecule has 0 saturated heterocycles. The molecule has 23 heavy (non-hydrogen) atoms. The molecular formula is C18H24N4O. The van der Waals surface area contributed by atoms with Gasteiger partial charge in [0.05, 0.1) is 24.3 Å². The Labute approximate surface area is 137 Å². The van der Waals surface area contributed by atoms with Crippen LogP contribution in [-0.2, 0) is 24.4 Å². The van der Waals surface area contributed by atoms with E-state index in [0.717, 1.165) is 44.4 Å². The number of ether oxygens (including phenoxy) is 1. The van der Waals surface area contributed by atoms with E-state index in [-0.39, 0.29) is 0 Å². The van der Waals surface area contributed by atoms with Crippen LogP contribution in [0.25, 0.3) is 0 Å². The second kappa shape index (κ2) is 6.42. The van der Waals surface area contributed by atoms with Gasteiger partial charge in [-0.1, -0.05) is 6.07 Å². The summed E-state index contributed by atoms with van der Waals surface area (Å²) in [6.07, 6.45) is 6.64. The Morgan fingerprint density at radius 3 is 2.91 bits per heavy atom. The van der Waals surface area contributed by atoms with Gasteiger partial charge in [-0.15, -0.1) is 0 Å². The van der Waals surface area contributed by atoms with Crippen LogP contribution in [0.5, 0.6) is 0 Å². The number of imidazole rings is 1. The van der Waals surface area contributed by atoms with Crippen molar-refractivity contribution in [3.8, 4) is 0 Å². The summed E-state index contributed by atoms with van der Waals surface area (Å²) in [6, 6.07) is 6.10. The van der Waals surface area contributed by atoms with Gasteiger partial charge in [0.1, 0.15) is 0 Å². The number of hydrogen-bond donors (Lipinski definition) is 0. The lowest BCUT2D eigenvalue weighted by Crippen LogP contribution is -2.36. The van der Waals surface area contributed by atoms with Crippen molar-refractivity contribution in [1.82, 2.24) is 19.4 Å². The Kier molecular flexibility index (Phi) is 4.14. The molecule has 2 aromatic rings. The third kappa shape index (κ3) is 3.31. The van der Waals surface area contributed by atoms with Crippen molar-refractivity contribution in [2.75, 3.05) is 20.3 Å². The number of rotatable bonds is 6. The van der Waals surface area contributed by atoms with E-state index in [1.54, 1.807) is 7.11 Å². The molecule has 0 spiro atoms. The fourth-order valence-corrected chi connectivity index (χ4v) is 3.60. The van der Waals surface area contributed by atoms with E-state index >= 15 is 0 Å². The molecule has 5 nitrogen and oxygen atoms in total. The monoisotopic (exact) mass is 312 g/mol. The lowest BCUT2D eigenvalue weighted by atomic mass is 9.98. The summed E-state index contributed by atoms with van der Waals surface area (Å²) in [5.74, 6) is 1.26. The second-order valence-corrected chi connectivity index (χ2v) is 6.82. The highest BCUT2D eigenvalue weighted by Gasteiger charge is 2.31. The smallest absolute Gasteiger partial charge is 0.0952 e. The van der Waals surface area contributed by atoms with Gasteiger partial charge in [-0.05, 0) is 30.9 Å². The fraction of sp³-hybridized carbons (Fsp3) is 0.556. The van der Waals surface area contributed by atoms with Gasteiger partial charge in [-0.2, -0.15) is 0 Å². The van der Waals surface area contributed by atoms with Crippen molar-refractivity contribution >= 4 is 0 Å². The van der Waals surface area contributed by atoms with Crippen molar-refractivity contribution in [1.29, 1.82) is 0 Å². The van der Waals surface area contributed by atoms with E-state index in [9.17, 15) is 0 Å². The zero-order chi connectivity index (χ0) is 15.6. The van der Waals surface area contributed by atoms with Crippen molar-refractivity contribution in [2.24, 2.45) is 5.92 Å². The Balaban J connectivity index is 1.54. The molecule has 1 aliphatic carbocycles. The maximum Gasteiger partial charge on any atom is 0.0952 e. The van der Waals surface area contributed by atoms with Crippen LogP contribution in [-0.4, -0.2) is 39.7 Å². The molecule has 5 heteroatoms. The predicted octanol–water partition coefficient (Wildman–Crippen LogP) is 2.43. The molecular weight excluding hydrogens is 288 g/mol. The van der Waals surface area contributed by atoms with E-state index < -0.39 is 0 Å². The molecule has 1 fully saturated rings. The average molecular weight is 312 g/mol. The minimum Gasteiger partial charge on any atom is -0.384 e. The second-order valence-electron chi connectivity index (χ2n) is 6.82. The van der Waals surface area contributed by atoms with Crippen LogP contribution in [0.2, 0.25) is 0 Å². The first kappa shape index (κ1) is 14.8. The minimum absolute atomic E-state index is 0.397. The molecule has 3 heterocycles. The Hall–Kier alpha value is -1.72. The molecule has 122 valence electrons. The maximum absolute atomic E-state index is 5.50. The van der Waals surface area contributed by atoms with Crippen LogP contribution in [0.15, 0.2) is 30.7 Å². The summed E-state index contributed by atoms with van der Waals surface area (Å²) < 4.78 is 7.88. The summed E-state index contributed by atoms with van der Waals surface area (Å²) in [5.41, 5.74) is 3.73. The van der Waals surface area contributed by atoms with Crippen molar-refractivity contribution in [3.05, 3.63) is 47.8 Å². The van der Waals surface area contributed by atoms with Crippen LogP contribution in [0.1, 0.15) is 35.8 Å². The van der Waals surface area contributed by atoms with Gasteiger partial charge in [0.2, 0.25) is 0 Å². The normalized spacial score (nSPS) is 21.3. The van der Waals surface area contributed by atoms with Gasteiger partial charge in [0.25, 0.3) is 0 Å². The van der Waals surface area contributed by atoms with Crippen molar-refractivity contribution in [3.63, 3.8) is 0 Å². The Morgan fingerprint density at radius 2 is 2.17 bits per heavy atom. The summed E-state index contributed by atoms with van der Waals surface area (Å²) in [7, 11) is 1.79. The van der Waals surface area contributed by atoms with Gasteiger partial charge in [0.15, 0.2) is 0 Å². The topological polar surface area (TPSA) is 43.2 Å². The van der Waals surface area contributed by atoms with Crippen LogP contribution < -0.4 is 0 Å². The lowest BCUT2D eigenvalue weighted by molar-refractivity contribution is 0.131. The van der Waals surface area contributed by atoms with E-state index in [2.05, 4.69) is 26.6 Å². The largest absolute Gasteiger partial charge is 0.384 e. The van der Waals surface area contributed by atoms with Gasteiger partial charge in [-0.25, -0.2) is 4.98 Å². The maximum atomic E-state index is 5.50. The van der Waals surface area contributed by atoms with E-state index in [4.69, 9.17) is 9.72 Å². The molecule has 1 atom stereocenters.